The molecular formula is C20H24ClFN6O. The van der Waals surface area contributed by atoms with Gasteiger partial charge in [-0.25, -0.2) is 9.37 Å². The first-order chi connectivity index (χ1) is 13.9. The van der Waals surface area contributed by atoms with Crippen molar-refractivity contribution < 1.29 is 9.18 Å². The largest absolute Gasteiger partial charge is 0.399 e. The van der Waals surface area contributed by atoms with Crippen molar-refractivity contribution >= 4 is 29.0 Å². The molecule has 0 unspecified atom stereocenters. The van der Waals surface area contributed by atoms with Crippen molar-refractivity contribution in [2.45, 2.75) is 25.4 Å². The summed E-state index contributed by atoms with van der Waals surface area (Å²) in [7, 11) is 0. The second-order valence-electron chi connectivity index (χ2n) is 7.97. The summed E-state index contributed by atoms with van der Waals surface area (Å²) >= 11 is 5.81. The minimum atomic E-state index is -0.600. The third-order valence-corrected chi connectivity index (χ3v) is 6.36. The number of fused-ring (bicyclic) bond motifs is 2. The summed E-state index contributed by atoms with van der Waals surface area (Å²) in [4.78, 5) is 19.7. The number of nitrogens with zero attached hydrogens (tertiary/aromatic N) is 2. The van der Waals surface area contributed by atoms with Crippen LogP contribution in [0.1, 0.15) is 18.4 Å². The number of hydrogen-bond donors (Lipinski definition) is 4. The van der Waals surface area contributed by atoms with Gasteiger partial charge < -0.3 is 22.1 Å². The first-order valence-electron chi connectivity index (χ1n) is 9.71. The van der Waals surface area contributed by atoms with Gasteiger partial charge in [-0.3, -0.25) is 4.79 Å². The third kappa shape index (κ3) is 4.13. The first kappa shape index (κ1) is 19.8. The number of nitrogen functional groups attached to an aromatic ring is 1. The van der Waals surface area contributed by atoms with Gasteiger partial charge in [0.15, 0.2) is 11.6 Å². The molecule has 4 rings (SSSR count). The van der Waals surface area contributed by atoms with Crippen molar-refractivity contribution in [2.75, 3.05) is 17.6 Å². The molecule has 2 aliphatic carbocycles. The Balaban J connectivity index is 1.44. The Morgan fingerprint density at radius 2 is 2.17 bits per heavy atom. The fourth-order valence-corrected chi connectivity index (χ4v) is 5.18. The van der Waals surface area contributed by atoms with Crippen LogP contribution in [0.25, 0.3) is 0 Å². The second-order valence-corrected chi connectivity index (χ2v) is 8.30. The van der Waals surface area contributed by atoms with Crippen molar-refractivity contribution in [2.24, 2.45) is 29.4 Å². The molecule has 154 valence electrons. The van der Waals surface area contributed by atoms with Gasteiger partial charge in [0, 0.05) is 18.3 Å². The van der Waals surface area contributed by atoms with Crippen molar-refractivity contribution in [3.8, 4) is 0 Å². The third-order valence-electron chi connectivity index (χ3n) is 6.18. The fraction of sp³-hybridized carbons (Fsp3) is 0.450. The number of amides is 1. The lowest BCUT2D eigenvalue weighted by Crippen LogP contribution is -2.47. The van der Waals surface area contributed by atoms with Crippen LogP contribution in [0.15, 0.2) is 30.5 Å². The zero-order valence-corrected chi connectivity index (χ0v) is 16.6. The van der Waals surface area contributed by atoms with Crippen LogP contribution in [0.3, 0.4) is 0 Å². The monoisotopic (exact) mass is 418 g/mol. The molecule has 0 spiro atoms. The highest BCUT2D eigenvalue weighted by molar-refractivity contribution is 6.28. The molecule has 9 heteroatoms. The summed E-state index contributed by atoms with van der Waals surface area (Å²) in [6, 6.07) is 7.49. The van der Waals surface area contributed by atoms with E-state index in [1.807, 2.05) is 24.3 Å². The predicted octanol–water partition coefficient (Wildman–Crippen LogP) is 2.18. The molecule has 1 amide bonds. The molecule has 2 aromatic rings. The highest BCUT2D eigenvalue weighted by Crippen LogP contribution is 2.52. The zero-order chi connectivity index (χ0) is 20.5. The molecule has 29 heavy (non-hydrogen) atoms. The normalized spacial score (nSPS) is 27.9. The van der Waals surface area contributed by atoms with E-state index < -0.39 is 5.82 Å². The van der Waals surface area contributed by atoms with Gasteiger partial charge in [-0.05, 0) is 66.4 Å². The van der Waals surface area contributed by atoms with E-state index in [-0.39, 0.29) is 40.8 Å². The smallest absolute Gasteiger partial charge is 0.224 e. The van der Waals surface area contributed by atoms with Gasteiger partial charge in [-0.2, -0.15) is 4.98 Å². The molecule has 2 saturated carbocycles. The molecule has 1 aromatic carbocycles. The van der Waals surface area contributed by atoms with Crippen molar-refractivity contribution in [1.82, 2.24) is 15.3 Å². The Morgan fingerprint density at radius 3 is 2.93 bits per heavy atom. The highest BCUT2D eigenvalue weighted by Gasteiger charge is 2.54. The number of hydrogen-bond acceptors (Lipinski definition) is 6. The molecule has 2 aliphatic rings. The van der Waals surface area contributed by atoms with E-state index in [4.69, 9.17) is 23.1 Å². The van der Waals surface area contributed by atoms with Crippen LogP contribution in [-0.4, -0.2) is 28.5 Å². The number of nitrogens with two attached hydrogens (primary N) is 2. The SMILES string of the molecule is NC(=O)[C@H]1[C@H]2C[C@@H](CNCc3cccc(N)c3)[C@@H](C2)[C@H]1Nc1nc(Cl)ncc1F. The number of carbonyl (C=O) groups is 1. The zero-order valence-electron chi connectivity index (χ0n) is 15.8. The maximum absolute atomic E-state index is 14.1. The van der Waals surface area contributed by atoms with Gasteiger partial charge in [-0.1, -0.05) is 12.1 Å². The van der Waals surface area contributed by atoms with Crippen LogP contribution in [0.5, 0.6) is 0 Å². The summed E-state index contributed by atoms with van der Waals surface area (Å²) < 4.78 is 14.1. The number of primary amides is 1. The Hall–Kier alpha value is -2.45. The standard InChI is InChI=1S/C20H24ClFN6O/c21-20-26-9-15(22)19(28-20)27-17-14-6-11(16(17)18(24)29)5-12(14)8-25-7-10-2-1-3-13(23)4-10/h1-4,9,11-12,14,16-17,25H,5-8,23H2,(H2,24,29)(H,26,27,28)/t11-,12-,14+,16-,17+/m0/s1. The number of nitrogens with one attached hydrogen (secondary N) is 2. The summed E-state index contributed by atoms with van der Waals surface area (Å²) in [5, 5.41) is 6.54. The van der Waals surface area contributed by atoms with E-state index in [9.17, 15) is 9.18 Å². The molecule has 0 aliphatic heterocycles. The minimum Gasteiger partial charge on any atom is -0.399 e. The predicted molar refractivity (Wildman–Crippen MR) is 109 cm³/mol. The second kappa shape index (κ2) is 8.12. The van der Waals surface area contributed by atoms with Crippen LogP contribution in [0, 0.1) is 29.5 Å². The molecule has 2 bridgehead atoms. The maximum atomic E-state index is 14.1. The molecule has 1 aromatic heterocycles. The van der Waals surface area contributed by atoms with E-state index in [1.54, 1.807) is 0 Å². The molecule has 2 fully saturated rings. The van der Waals surface area contributed by atoms with Gasteiger partial charge >= 0.3 is 0 Å². The van der Waals surface area contributed by atoms with E-state index in [0.29, 0.717) is 12.5 Å². The van der Waals surface area contributed by atoms with E-state index in [1.165, 1.54) is 0 Å². The lowest BCUT2D eigenvalue weighted by atomic mass is 9.77. The van der Waals surface area contributed by atoms with Crippen LogP contribution < -0.4 is 22.1 Å². The van der Waals surface area contributed by atoms with Crippen LogP contribution in [-0.2, 0) is 11.3 Å². The minimum absolute atomic E-state index is 0.0141. The van der Waals surface area contributed by atoms with Crippen molar-refractivity contribution in [3.05, 3.63) is 47.1 Å². The van der Waals surface area contributed by atoms with Gasteiger partial charge in [0.05, 0.1) is 12.1 Å². The number of aromatic nitrogens is 2. The van der Waals surface area contributed by atoms with Crippen LogP contribution in [0.4, 0.5) is 15.9 Å². The van der Waals surface area contributed by atoms with Gasteiger partial charge in [0.2, 0.25) is 11.2 Å². The Labute approximate surface area is 173 Å². The molecule has 5 atom stereocenters. The summed E-state index contributed by atoms with van der Waals surface area (Å²) in [5.74, 6) is -0.555. The molecule has 7 nitrogen and oxygen atoms in total. The number of halogens is 2. The average Bonchev–Trinajstić information content (AvgIpc) is 3.23. The summed E-state index contributed by atoms with van der Waals surface area (Å²) in [6.45, 7) is 1.51. The Bertz CT molecular complexity index is 912. The molecule has 0 radical (unpaired) electrons. The fourth-order valence-electron chi connectivity index (χ4n) is 5.04. The summed E-state index contributed by atoms with van der Waals surface area (Å²) in [6.07, 6.45) is 2.83. The lowest BCUT2D eigenvalue weighted by molar-refractivity contribution is -0.123. The number of rotatable bonds is 7. The summed E-state index contributed by atoms with van der Waals surface area (Å²) in [5.41, 5.74) is 13.4. The molecule has 0 saturated heterocycles. The van der Waals surface area contributed by atoms with E-state index >= 15 is 0 Å². The molecular weight excluding hydrogens is 395 g/mol. The molecule has 6 N–H and O–H groups in total. The van der Waals surface area contributed by atoms with Gasteiger partial charge in [-0.15, -0.1) is 0 Å². The number of anilines is 2. The van der Waals surface area contributed by atoms with Crippen molar-refractivity contribution in [1.29, 1.82) is 0 Å². The highest BCUT2D eigenvalue weighted by atomic mass is 35.5. The van der Waals surface area contributed by atoms with Gasteiger partial charge in [0.1, 0.15) is 0 Å². The van der Waals surface area contributed by atoms with E-state index in [2.05, 4.69) is 20.6 Å². The average molecular weight is 419 g/mol. The van der Waals surface area contributed by atoms with E-state index in [0.717, 1.165) is 36.8 Å². The lowest BCUT2D eigenvalue weighted by Gasteiger charge is -2.35. The van der Waals surface area contributed by atoms with Gasteiger partial charge in [0.25, 0.3) is 0 Å². The Kier molecular flexibility index (Phi) is 5.56. The maximum Gasteiger partial charge on any atom is 0.224 e. The number of benzene rings is 1. The van der Waals surface area contributed by atoms with Crippen LogP contribution >= 0.6 is 11.6 Å². The van der Waals surface area contributed by atoms with Crippen LogP contribution in [0.2, 0.25) is 5.28 Å². The topological polar surface area (TPSA) is 119 Å². The van der Waals surface area contributed by atoms with Crippen molar-refractivity contribution in [3.63, 3.8) is 0 Å². The molecule has 1 heterocycles. The quantitative estimate of drug-likeness (QED) is 0.404. The number of carbonyl (C=O) groups excluding carboxylic acids is 1. The first-order valence-corrected chi connectivity index (χ1v) is 10.1. The Morgan fingerprint density at radius 1 is 1.34 bits per heavy atom.